The van der Waals surface area contributed by atoms with Crippen molar-refractivity contribution in [2.75, 3.05) is 34.5 Å². The fourth-order valence-corrected chi connectivity index (χ4v) is 5.10. The van der Waals surface area contributed by atoms with Gasteiger partial charge in [-0.1, -0.05) is 24.6 Å². The van der Waals surface area contributed by atoms with E-state index in [1.54, 1.807) is 12.1 Å². The maximum atomic E-state index is 12.7. The average Bonchev–Trinajstić information content (AvgIpc) is 3.32. The van der Waals surface area contributed by atoms with E-state index >= 15 is 0 Å². The summed E-state index contributed by atoms with van der Waals surface area (Å²) in [4.78, 5) is 17.7. The Hall–Kier alpha value is -4.20. The van der Waals surface area contributed by atoms with Crippen LogP contribution in [0.4, 0.5) is 0 Å². The van der Waals surface area contributed by atoms with Crippen LogP contribution in [0.25, 0.3) is 11.0 Å². The standard InChI is InChI=1S/C33H41N3O5/c1-23-18-24(2)20-26(19-23)41-17-11-16-36-28-13-9-8-12-27(28)35-31(36)14-7-6-10-15-34-33(37)25-21-29(38-3)32(40-5)30(22-25)39-4/h8-9,12-13,18-22H,6-7,10-11,14-17H2,1-5H3,(H,34,37). The molecule has 0 unspecified atom stereocenters. The smallest absolute Gasteiger partial charge is 0.251 e. The number of para-hydroxylation sites is 2. The fourth-order valence-electron chi connectivity index (χ4n) is 5.10. The van der Waals surface area contributed by atoms with Gasteiger partial charge in [0.1, 0.15) is 11.6 Å². The molecule has 0 saturated heterocycles. The second kappa shape index (κ2) is 14.4. The molecule has 1 amide bonds. The Kier molecular flexibility index (Phi) is 10.5. The third-order valence-corrected chi connectivity index (χ3v) is 7.01. The Morgan fingerprint density at radius 1 is 0.854 bits per heavy atom. The monoisotopic (exact) mass is 559 g/mol. The van der Waals surface area contributed by atoms with Crippen molar-refractivity contribution >= 4 is 16.9 Å². The Morgan fingerprint density at radius 2 is 1.56 bits per heavy atom. The van der Waals surface area contributed by atoms with E-state index in [-0.39, 0.29) is 5.91 Å². The highest BCUT2D eigenvalue weighted by molar-refractivity contribution is 5.95. The largest absolute Gasteiger partial charge is 0.494 e. The van der Waals surface area contributed by atoms with Crippen LogP contribution in [0.5, 0.6) is 23.0 Å². The molecule has 218 valence electrons. The van der Waals surface area contributed by atoms with Gasteiger partial charge in [0.25, 0.3) is 5.91 Å². The Bertz CT molecular complexity index is 1420. The molecule has 8 heteroatoms. The zero-order valence-electron chi connectivity index (χ0n) is 24.8. The van der Waals surface area contributed by atoms with E-state index in [1.807, 2.05) is 6.07 Å². The molecule has 0 aliphatic rings. The first-order valence-electron chi connectivity index (χ1n) is 14.2. The van der Waals surface area contributed by atoms with E-state index in [1.165, 1.54) is 32.5 Å². The summed E-state index contributed by atoms with van der Waals surface area (Å²) in [5.74, 6) is 3.23. The second-order valence-electron chi connectivity index (χ2n) is 10.2. The summed E-state index contributed by atoms with van der Waals surface area (Å²) in [6.07, 6.45) is 4.62. The normalized spacial score (nSPS) is 11.0. The van der Waals surface area contributed by atoms with Crippen LogP contribution in [0.1, 0.15) is 53.0 Å². The van der Waals surface area contributed by atoms with Gasteiger partial charge < -0.3 is 28.8 Å². The Labute approximate surface area is 242 Å². The van der Waals surface area contributed by atoms with Crippen LogP contribution in [-0.4, -0.2) is 49.9 Å². The van der Waals surface area contributed by atoms with Crippen molar-refractivity contribution in [3.8, 4) is 23.0 Å². The van der Waals surface area contributed by atoms with Gasteiger partial charge in [-0.2, -0.15) is 0 Å². The number of benzene rings is 3. The zero-order chi connectivity index (χ0) is 29.2. The van der Waals surface area contributed by atoms with E-state index < -0.39 is 0 Å². The minimum Gasteiger partial charge on any atom is -0.494 e. The van der Waals surface area contributed by atoms with E-state index in [0.29, 0.717) is 36.0 Å². The number of methoxy groups -OCH3 is 3. The predicted octanol–water partition coefficient (Wildman–Crippen LogP) is 6.29. The first-order chi connectivity index (χ1) is 19.9. The van der Waals surface area contributed by atoms with Crippen LogP contribution in [0, 0.1) is 13.8 Å². The van der Waals surface area contributed by atoms with Gasteiger partial charge in [0.2, 0.25) is 5.75 Å². The number of hydrogen-bond acceptors (Lipinski definition) is 6. The highest BCUT2D eigenvalue weighted by Gasteiger charge is 2.17. The molecule has 8 nitrogen and oxygen atoms in total. The van der Waals surface area contributed by atoms with Crippen molar-refractivity contribution in [2.45, 2.75) is 52.5 Å². The van der Waals surface area contributed by atoms with Crippen molar-refractivity contribution < 1.29 is 23.7 Å². The van der Waals surface area contributed by atoms with Gasteiger partial charge in [0.05, 0.1) is 39.0 Å². The maximum absolute atomic E-state index is 12.7. The molecule has 0 atom stereocenters. The van der Waals surface area contributed by atoms with Crippen molar-refractivity contribution in [2.24, 2.45) is 0 Å². The summed E-state index contributed by atoms with van der Waals surface area (Å²) < 4.78 is 24.4. The first kappa shape index (κ1) is 29.8. The number of rotatable bonds is 15. The molecule has 3 aromatic carbocycles. The molecule has 1 heterocycles. The van der Waals surface area contributed by atoms with Gasteiger partial charge in [-0.05, 0) is 80.6 Å². The van der Waals surface area contributed by atoms with E-state index in [9.17, 15) is 4.79 Å². The number of fused-ring (bicyclic) bond motifs is 1. The highest BCUT2D eigenvalue weighted by Crippen LogP contribution is 2.38. The number of nitrogens with zero attached hydrogens (tertiary/aromatic N) is 2. The van der Waals surface area contributed by atoms with Gasteiger partial charge in [-0.25, -0.2) is 4.98 Å². The number of carbonyl (C=O) groups is 1. The summed E-state index contributed by atoms with van der Waals surface area (Å²) >= 11 is 0. The summed E-state index contributed by atoms with van der Waals surface area (Å²) in [7, 11) is 4.61. The minimum atomic E-state index is -0.172. The Morgan fingerprint density at radius 3 is 2.24 bits per heavy atom. The number of aromatic nitrogens is 2. The lowest BCUT2D eigenvalue weighted by Crippen LogP contribution is -2.24. The molecular weight excluding hydrogens is 518 g/mol. The number of aryl methyl sites for hydroxylation is 4. The van der Waals surface area contributed by atoms with Gasteiger partial charge >= 0.3 is 0 Å². The van der Waals surface area contributed by atoms with Gasteiger partial charge in [-0.15, -0.1) is 0 Å². The van der Waals surface area contributed by atoms with Gasteiger partial charge in [0, 0.05) is 25.1 Å². The van der Waals surface area contributed by atoms with Crippen LogP contribution < -0.4 is 24.3 Å². The van der Waals surface area contributed by atoms with Crippen molar-refractivity contribution in [1.29, 1.82) is 0 Å². The number of amides is 1. The van der Waals surface area contributed by atoms with Crippen LogP contribution >= 0.6 is 0 Å². The lowest BCUT2D eigenvalue weighted by atomic mass is 10.1. The zero-order valence-corrected chi connectivity index (χ0v) is 24.8. The highest BCUT2D eigenvalue weighted by atomic mass is 16.5. The van der Waals surface area contributed by atoms with Gasteiger partial charge in [-0.3, -0.25) is 4.79 Å². The molecule has 0 aliphatic carbocycles. The van der Waals surface area contributed by atoms with Crippen molar-refractivity contribution in [1.82, 2.24) is 14.9 Å². The summed E-state index contributed by atoms with van der Waals surface area (Å²) in [5, 5.41) is 3.00. The number of imidazole rings is 1. The fraction of sp³-hybridized carbons (Fsp3) is 0.394. The topological polar surface area (TPSA) is 83.8 Å². The predicted molar refractivity (Wildman–Crippen MR) is 162 cm³/mol. The second-order valence-corrected chi connectivity index (χ2v) is 10.2. The molecule has 41 heavy (non-hydrogen) atoms. The Balaban J connectivity index is 1.26. The van der Waals surface area contributed by atoms with Crippen LogP contribution in [0.2, 0.25) is 0 Å². The first-order valence-corrected chi connectivity index (χ1v) is 14.2. The molecule has 0 bridgehead atoms. The number of ether oxygens (including phenoxy) is 4. The minimum absolute atomic E-state index is 0.172. The summed E-state index contributed by atoms with van der Waals surface area (Å²) in [6, 6.07) is 17.9. The molecule has 0 fully saturated rings. The molecule has 1 N–H and O–H groups in total. The van der Waals surface area contributed by atoms with Crippen LogP contribution in [-0.2, 0) is 13.0 Å². The molecule has 4 rings (SSSR count). The maximum Gasteiger partial charge on any atom is 0.251 e. The van der Waals surface area contributed by atoms with E-state index in [2.05, 4.69) is 60.1 Å². The van der Waals surface area contributed by atoms with Crippen molar-refractivity contribution in [3.05, 3.63) is 77.1 Å². The van der Waals surface area contributed by atoms with E-state index in [4.69, 9.17) is 23.9 Å². The quantitative estimate of drug-likeness (QED) is 0.172. The molecular formula is C33H41N3O5. The van der Waals surface area contributed by atoms with Crippen molar-refractivity contribution in [3.63, 3.8) is 0 Å². The molecule has 0 saturated carbocycles. The average molecular weight is 560 g/mol. The summed E-state index contributed by atoms with van der Waals surface area (Å²) in [6.45, 7) is 6.27. The summed E-state index contributed by atoms with van der Waals surface area (Å²) in [5.41, 5.74) is 5.07. The SMILES string of the molecule is COc1cc(C(=O)NCCCCCc2nc3ccccc3n2CCCOc2cc(C)cc(C)c2)cc(OC)c1OC. The van der Waals surface area contributed by atoms with Crippen LogP contribution in [0.3, 0.4) is 0 Å². The lowest BCUT2D eigenvalue weighted by Gasteiger charge is -2.14. The number of nitrogens with one attached hydrogen (secondary N) is 1. The molecule has 0 radical (unpaired) electrons. The van der Waals surface area contributed by atoms with E-state index in [0.717, 1.165) is 61.3 Å². The third kappa shape index (κ3) is 7.72. The number of carbonyl (C=O) groups excluding carboxylic acids is 1. The molecule has 0 aliphatic heterocycles. The molecule has 4 aromatic rings. The number of unbranched alkanes of at least 4 members (excludes halogenated alkanes) is 2. The lowest BCUT2D eigenvalue weighted by molar-refractivity contribution is 0.0952. The van der Waals surface area contributed by atoms with Crippen LogP contribution in [0.15, 0.2) is 54.6 Å². The molecule has 0 spiro atoms. The number of hydrogen-bond donors (Lipinski definition) is 1. The molecule has 1 aromatic heterocycles. The third-order valence-electron chi connectivity index (χ3n) is 7.01. The van der Waals surface area contributed by atoms with Gasteiger partial charge in [0.15, 0.2) is 11.5 Å².